The van der Waals surface area contributed by atoms with Crippen molar-refractivity contribution in [2.24, 2.45) is 0 Å². The molecule has 2 aromatic rings. The third-order valence-electron chi connectivity index (χ3n) is 4.15. The number of fused-ring (bicyclic) bond motifs is 1. The van der Waals surface area contributed by atoms with Crippen LogP contribution >= 0.6 is 0 Å². The summed E-state index contributed by atoms with van der Waals surface area (Å²) in [5.41, 5.74) is 3.10. The third-order valence-corrected chi connectivity index (χ3v) is 4.15. The Balaban J connectivity index is 2.12. The standard InChI is InChI=1S/C17H19N2O4/c1-22-15-9-11-7-8-18-17(13(11)10-16(15)23-2)12-5-3-4-6-14(12)19(20)21/h3-6,9-10,17-18,20H,7-8H2,1-2H3/q-1/t17-/m0/s1. The lowest BCUT2D eigenvalue weighted by Crippen LogP contribution is -2.31. The van der Waals surface area contributed by atoms with Crippen LogP contribution < -0.4 is 20.0 Å². The van der Waals surface area contributed by atoms with Gasteiger partial charge in [-0.15, -0.1) is 0 Å². The topological polar surface area (TPSA) is 77.0 Å². The quantitative estimate of drug-likeness (QED) is 0.845. The fourth-order valence-corrected chi connectivity index (χ4v) is 3.07. The molecule has 0 amide bonds. The molecule has 1 atom stereocenters. The first kappa shape index (κ1) is 15.6. The number of hydrogen-bond acceptors (Lipinski definition) is 6. The summed E-state index contributed by atoms with van der Waals surface area (Å²) >= 11 is 0. The minimum absolute atomic E-state index is 0.0912. The number of rotatable bonds is 4. The molecule has 0 aliphatic carbocycles. The van der Waals surface area contributed by atoms with Crippen LogP contribution in [-0.2, 0) is 6.42 Å². The predicted octanol–water partition coefficient (Wildman–Crippen LogP) is 2.63. The first-order valence-electron chi connectivity index (χ1n) is 7.39. The molecule has 1 aliphatic rings. The van der Waals surface area contributed by atoms with Crippen molar-refractivity contribution in [3.8, 4) is 11.5 Å². The Kier molecular flexibility index (Phi) is 4.38. The molecule has 0 saturated heterocycles. The molecule has 0 radical (unpaired) electrons. The van der Waals surface area contributed by atoms with Gasteiger partial charge in [0.25, 0.3) is 0 Å². The van der Waals surface area contributed by atoms with Gasteiger partial charge in [-0.1, -0.05) is 18.2 Å². The molecule has 0 saturated carbocycles. The summed E-state index contributed by atoms with van der Waals surface area (Å²) in [5, 5.41) is 24.1. The molecular formula is C17H19N2O4-. The molecular weight excluding hydrogens is 296 g/mol. The molecule has 2 aromatic carbocycles. The van der Waals surface area contributed by atoms with Crippen molar-refractivity contribution in [3.63, 3.8) is 0 Å². The molecule has 6 nitrogen and oxygen atoms in total. The maximum absolute atomic E-state index is 11.4. The zero-order valence-corrected chi connectivity index (χ0v) is 13.1. The van der Waals surface area contributed by atoms with Crippen LogP contribution in [0.15, 0.2) is 36.4 Å². The maximum Gasteiger partial charge on any atom is 0.161 e. The van der Waals surface area contributed by atoms with Crippen LogP contribution in [-0.4, -0.2) is 26.0 Å². The van der Waals surface area contributed by atoms with Gasteiger partial charge in [0.05, 0.1) is 25.9 Å². The van der Waals surface area contributed by atoms with E-state index in [9.17, 15) is 10.4 Å². The second-order valence-electron chi connectivity index (χ2n) is 5.37. The van der Waals surface area contributed by atoms with Crippen LogP contribution in [0.2, 0.25) is 0 Å². The number of para-hydroxylation sites is 1. The van der Waals surface area contributed by atoms with Gasteiger partial charge in [-0.05, 0) is 41.3 Å². The highest BCUT2D eigenvalue weighted by Gasteiger charge is 2.25. The monoisotopic (exact) mass is 315 g/mol. The van der Waals surface area contributed by atoms with Crippen molar-refractivity contribution in [1.29, 1.82) is 0 Å². The van der Waals surface area contributed by atoms with E-state index in [1.807, 2.05) is 24.3 Å². The van der Waals surface area contributed by atoms with E-state index < -0.39 is 0 Å². The summed E-state index contributed by atoms with van der Waals surface area (Å²) in [6.45, 7) is 0.770. The van der Waals surface area contributed by atoms with Crippen molar-refractivity contribution in [2.45, 2.75) is 12.5 Å². The van der Waals surface area contributed by atoms with Gasteiger partial charge in [-0.3, -0.25) is 5.21 Å². The molecule has 23 heavy (non-hydrogen) atoms. The van der Waals surface area contributed by atoms with E-state index in [1.54, 1.807) is 26.4 Å². The fourth-order valence-electron chi connectivity index (χ4n) is 3.07. The highest BCUT2D eigenvalue weighted by Crippen LogP contribution is 2.39. The molecule has 6 heteroatoms. The summed E-state index contributed by atoms with van der Waals surface area (Å²) in [7, 11) is 3.20. The molecule has 0 aromatic heterocycles. The Bertz CT molecular complexity index is 703. The molecule has 1 heterocycles. The second-order valence-corrected chi connectivity index (χ2v) is 5.37. The third kappa shape index (κ3) is 2.84. The number of benzene rings is 2. The maximum atomic E-state index is 11.4. The molecule has 3 rings (SSSR count). The number of hydrogen-bond donors (Lipinski definition) is 2. The lowest BCUT2D eigenvalue weighted by atomic mass is 9.88. The Labute approximate surface area is 134 Å². The highest BCUT2D eigenvalue weighted by molar-refractivity contribution is 5.59. The second kappa shape index (κ2) is 6.45. The van der Waals surface area contributed by atoms with Crippen LogP contribution in [0.4, 0.5) is 5.69 Å². The van der Waals surface area contributed by atoms with E-state index in [1.165, 1.54) is 0 Å². The Hall–Kier alpha value is -2.28. The average Bonchev–Trinajstić information content (AvgIpc) is 2.59. The molecule has 0 fully saturated rings. The van der Waals surface area contributed by atoms with Crippen LogP contribution in [0.1, 0.15) is 22.7 Å². The van der Waals surface area contributed by atoms with E-state index in [0.29, 0.717) is 11.5 Å². The molecule has 1 aliphatic heterocycles. The van der Waals surface area contributed by atoms with Crippen LogP contribution in [0.3, 0.4) is 0 Å². The minimum Gasteiger partial charge on any atom is -0.733 e. The number of ether oxygens (including phenoxy) is 2. The van der Waals surface area contributed by atoms with Crippen molar-refractivity contribution in [3.05, 3.63) is 58.3 Å². The molecule has 122 valence electrons. The highest BCUT2D eigenvalue weighted by atomic mass is 16.8. The molecule has 0 spiro atoms. The van der Waals surface area contributed by atoms with Gasteiger partial charge in [0.15, 0.2) is 11.5 Å². The summed E-state index contributed by atoms with van der Waals surface area (Å²) in [4.78, 5) is 0. The van der Waals surface area contributed by atoms with E-state index in [4.69, 9.17) is 9.47 Å². The Morgan fingerprint density at radius 2 is 1.83 bits per heavy atom. The van der Waals surface area contributed by atoms with E-state index in [2.05, 4.69) is 5.32 Å². The van der Waals surface area contributed by atoms with Crippen LogP contribution in [0.5, 0.6) is 11.5 Å². The lowest BCUT2D eigenvalue weighted by Gasteiger charge is -2.32. The normalized spacial score (nSPS) is 16.6. The predicted molar refractivity (Wildman–Crippen MR) is 87.2 cm³/mol. The van der Waals surface area contributed by atoms with Crippen molar-refractivity contribution < 1.29 is 14.7 Å². The van der Waals surface area contributed by atoms with Crippen molar-refractivity contribution in [2.75, 3.05) is 26.0 Å². The van der Waals surface area contributed by atoms with E-state index >= 15 is 0 Å². The molecule has 0 bridgehead atoms. The summed E-state index contributed by atoms with van der Waals surface area (Å²) in [5.74, 6) is 1.33. The lowest BCUT2D eigenvalue weighted by molar-refractivity contribution is 0.295. The van der Waals surface area contributed by atoms with Gasteiger partial charge >= 0.3 is 0 Å². The fraction of sp³-hybridized carbons (Fsp3) is 0.294. The van der Waals surface area contributed by atoms with Gasteiger partial charge in [0.1, 0.15) is 0 Å². The van der Waals surface area contributed by atoms with Gasteiger partial charge in [0.2, 0.25) is 0 Å². The largest absolute Gasteiger partial charge is 0.733 e. The van der Waals surface area contributed by atoms with E-state index in [-0.39, 0.29) is 17.0 Å². The van der Waals surface area contributed by atoms with Gasteiger partial charge in [-0.2, -0.15) is 0 Å². The Morgan fingerprint density at radius 3 is 2.52 bits per heavy atom. The SMILES string of the molecule is COc1cc2c(cc1OC)[C@H](c1ccccc1N([O-])O)NCC2. The van der Waals surface area contributed by atoms with Crippen LogP contribution in [0.25, 0.3) is 0 Å². The number of methoxy groups -OCH3 is 2. The van der Waals surface area contributed by atoms with Crippen molar-refractivity contribution in [1.82, 2.24) is 5.32 Å². The van der Waals surface area contributed by atoms with E-state index in [0.717, 1.165) is 29.7 Å². The Morgan fingerprint density at radius 1 is 1.13 bits per heavy atom. The summed E-state index contributed by atoms with van der Waals surface area (Å²) in [6, 6.07) is 10.7. The van der Waals surface area contributed by atoms with Gasteiger partial charge in [-0.25, -0.2) is 0 Å². The van der Waals surface area contributed by atoms with Gasteiger partial charge < -0.3 is 25.2 Å². The zero-order valence-electron chi connectivity index (χ0n) is 13.1. The molecule has 2 N–H and O–H groups in total. The van der Waals surface area contributed by atoms with Crippen LogP contribution in [0, 0.1) is 5.21 Å². The minimum atomic E-state index is -0.196. The number of anilines is 1. The zero-order chi connectivity index (χ0) is 16.4. The smallest absolute Gasteiger partial charge is 0.161 e. The number of nitrogens with zero attached hydrogens (tertiary/aromatic N) is 1. The summed E-state index contributed by atoms with van der Waals surface area (Å²) < 4.78 is 10.8. The molecule has 0 unspecified atom stereocenters. The average molecular weight is 315 g/mol. The first-order chi connectivity index (χ1) is 11.2. The van der Waals surface area contributed by atoms with Crippen molar-refractivity contribution >= 4 is 5.69 Å². The van der Waals surface area contributed by atoms with Gasteiger partial charge in [0, 0.05) is 6.54 Å². The first-order valence-corrected chi connectivity index (χ1v) is 7.39. The number of nitrogens with one attached hydrogen (secondary N) is 1. The summed E-state index contributed by atoms with van der Waals surface area (Å²) in [6.07, 6.45) is 0.856.